The quantitative estimate of drug-likeness (QED) is 0.766. The van der Waals surface area contributed by atoms with Crippen LogP contribution in [0.15, 0.2) is 36.4 Å². The number of methoxy groups -OCH3 is 3. The Balaban J connectivity index is 2.22. The summed E-state index contributed by atoms with van der Waals surface area (Å²) in [5.74, 6) is -0.149. The first kappa shape index (κ1) is 16.8. The molecule has 0 aromatic heterocycles. The molecule has 0 fully saturated rings. The zero-order valence-electron chi connectivity index (χ0n) is 13.4. The molecule has 23 heavy (non-hydrogen) atoms. The molecule has 0 aliphatic heterocycles. The Kier molecular flexibility index (Phi) is 5.57. The molecule has 0 saturated carbocycles. The molecule has 0 bridgehead atoms. The van der Waals surface area contributed by atoms with Gasteiger partial charge in [-0.25, -0.2) is 9.18 Å². The molecule has 2 aromatic carbocycles. The van der Waals surface area contributed by atoms with E-state index < -0.39 is 11.8 Å². The molecule has 0 unspecified atom stereocenters. The number of halogens is 1. The number of carbonyl (C=O) groups excluding carboxylic acids is 1. The molecule has 0 atom stereocenters. The van der Waals surface area contributed by atoms with Crippen LogP contribution in [-0.2, 0) is 17.6 Å². The molecule has 0 radical (unpaired) electrons. The molecule has 122 valence electrons. The molecular formula is C18H19FO4. The summed E-state index contributed by atoms with van der Waals surface area (Å²) in [6, 6.07) is 10.3. The molecule has 0 aliphatic carbocycles. The second-order valence-corrected chi connectivity index (χ2v) is 4.95. The van der Waals surface area contributed by atoms with E-state index in [9.17, 15) is 9.18 Å². The lowest BCUT2D eigenvalue weighted by molar-refractivity contribution is 0.0600. The Bertz CT molecular complexity index is 697. The van der Waals surface area contributed by atoms with Crippen LogP contribution in [-0.4, -0.2) is 27.3 Å². The van der Waals surface area contributed by atoms with Crippen molar-refractivity contribution in [2.45, 2.75) is 12.8 Å². The first-order chi connectivity index (χ1) is 11.1. The summed E-state index contributed by atoms with van der Waals surface area (Å²) in [6.07, 6.45) is 0.988. The second-order valence-electron chi connectivity index (χ2n) is 4.95. The van der Waals surface area contributed by atoms with Crippen molar-refractivity contribution in [3.63, 3.8) is 0 Å². The summed E-state index contributed by atoms with van der Waals surface area (Å²) in [6.45, 7) is 0. The monoisotopic (exact) mass is 318 g/mol. The first-order valence-electron chi connectivity index (χ1n) is 7.17. The van der Waals surface area contributed by atoms with Crippen LogP contribution in [0, 0.1) is 5.82 Å². The van der Waals surface area contributed by atoms with E-state index in [4.69, 9.17) is 14.2 Å². The van der Waals surface area contributed by atoms with Crippen LogP contribution in [0.3, 0.4) is 0 Å². The van der Waals surface area contributed by atoms with Gasteiger partial charge in [0.15, 0.2) is 11.6 Å². The number of carbonyl (C=O) groups is 1. The van der Waals surface area contributed by atoms with E-state index in [0.29, 0.717) is 29.7 Å². The number of hydrogen-bond acceptors (Lipinski definition) is 4. The second kappa shape index (κ2) is 7.63. The number of aryl methyl sites for hydroxylation is 1. The van der Waals surface area contributed by atoms with Crippen molar-refractivity contribution in [2.24, 2.45) is 0 Å². The van der Waals surface area contributed by atoms with Gasteiger partial charge in [-0.3, -0.25) is 0 Å². The zero-order chi connectivity index (χ0) is 16.8. The molecule has 2 aromatic rings. The summed E-state index contributed by atoms with van der Waals surface area (Å²) in [5.41, 5.74) is 1.84. The molecule has 0 saturated heterocycles. The van der Waals surface area contributed by atoms with Crippen molar-refractivity contribution in [1.29, 1.82) is 0 Å². The van der Waals surface area contributed by atoms with Gasteiger partial charge < -0.3 is 14.2 Å². The van der Waals surface area contributed by atoms with Gasteiger partial charge in [0, 0.05) is 5.56 Å². The highest BCUT2D eigenvalue weighted by atomic mass is 19.1. The number of hydrogen-bond donors (Lipinski definition) is 0. The van der Waals surface area contributed by atoms with Crippen LogP contribution < -0.4 is 9.47 Å². The standard InChI is InChI=1S/C18H19FO4/c1-21-15-9-10-16(22-2)17(19)14(15)8-7-12-5-4-6-13(11-12)18(20)23-3/h4-6,9-11H,7-8H2,1-3H3. The SMILES string of the molecule is COC(=O)c1cccc(CCc2c(OC)ccc(OC)c2F)c1. The van der Waals surface area contributed by atoms with Gasteiger partial charge in [-0.15, -0.1) is 0 Å². The normalized spacial score (nSPS) is 10.3. The lowest BCUT2D eigenvalue weighted by atomic mass is 10.0. The number of benzene rings is 2. The van der Waals surface area contributed by atoms with Gasteiger partial charge in [-0.2, -0.15) is 0 Å². The highest BCUT2D eigenvalue weighted by Crippen LogP contribution is 2.30. The van der Waals surface area contributed by atoms with Gasteiger partial charge in [0.1, 0.15) is 5.75 Å². The highest BCUT2D eigenvalue weighted by molar-refractivity contribution is 5.89. The van der Waals surface area contributed by atoms with Gasteiger partial charge in [-0.1, -0.05) is 12.1 Å². The fourth-order valence-electron chi connectivity index (χ4n) is 2.40. The minimum Gasteiger partial charge on any atom is -0.496 e. The van der Waals surface area contributed by atoms with Crippen LogP contribution in [0.2, 0.25) is 0 Å². The van der Waals surface area contributed by atoms with Gasteiger partial charge in [0.2, 0.25) is 0 Å². The minimum absolute atomic E-state index is 0.184. The van der Waals surface area contributed by atoms with Crippen LogP contribution in [0.5, 0.6) is 11.5 Å². The van der Waals surface area contributed by atoms with Crippen LogP contribution in [0.1, 0.15) is 21.5 Å². The van der Waals surface area contributed by atoms with E-state index in [2.05, 4.69) is 0 Å². The summed E-state index contributed by atoms with van der Waals surface area (Å²) in [4.78, 5) is 11.6. The minimum atomic E-state index is -0.420. The molecular weight excluding hydrogens is 299 g/mol. The lowest BCUT2D eigenvalue weighted by Gasteiger charge is -2.12. The third kappa shape index (κ3) is 3.80. The van der Waals surface area contributed by atoms with Crippen molar-refractivity contribution in [2.75, 3.05) is 21.3 Å². The number of rotatable bonds is 6. The molecule has 0 heterocycles. The fraction of sp³-hybridized carbons (Fsp3) is 0.278. The summed E-state index contributed by atoms with van der Waals surface area (Å²) < 4.78 is 29.3. The lowest BCUT2D eigenvalue weighted by Crippen LogP contribution is -2.04. The predicted octanol–water partition coefficient (Wildman–Crippen LogP) is 3.41. The Morgan fingerprint density at radius 2 is 1.70 bits per heavy atom. The average Bonchev–Trinajstić information content (AvgIpc) is 2.59. The van der Waals surface area contributed by atoms with Gasteiger partial charge in [0.25, 0.3) is 0 Å². The third-order valence-electron chi connectivity index (χ3n) is 3.62. The molecule has 5 heteroatoms. The van der Waals surface area contributed by atoms with E-state index >= 15 is 0 Å². The van der Waals surface area contributed by atoms with Gasteiger partial charge >= 0.3 is 5.97 Å². The van der Waals surface area contributed by atoms with Crippen molar-refractivity contribution in [3.05, 3.63) is 58.9 Å². The molecule has 4 nitrogen and oxygen atoms in total. The molecule has 2 rings (SSSR count). The molecule has 0 N–H and O–H groups in total. The maximum atomic E-state index is 14.4. The van der Waals surface area contributed by atoms with E-state index in [1.165, 1.54) is 27.4 Å². The molecule has 0 amide bonds. The van der Waals surface area contributed by atoms with Gasteiger partial charge in [0.05, 0.1) is 26.9 Å². The average molecular weight is 318 g/mol. The first-order valence-corrected chi connectivity index (χ1v) is 7.17. The van der Waals surface area contributed by atoms with E-state index in [1.807, 2.05) is 6.07 Å². The van der Waals surface area contributed by atoms with Crippen molar-refractivity contribution in [1.82, 2.24) is 0 Å². The van der Waals surface area contributed by atoms with Crippen molar-refractivity contribution in [3.8, 4) is 11.5 Å². The van der Waals surface area contributed by atoms with Gasteiger partial charge in [-0.05, 0) is 42.7 Å². The Morgan fingerprint density at radius 1 is 1.00 bits per heavy atom. The predicted molar refractivity (Wildman–Crippen MR) is 84.7 cm³/mol. The van der Waals surface area contributed by atoms with Crippen LogP contribution >= 0.6 is 0 Å². The summed E-state index contributed by atoms with van der Waals surface area (Å²) in [7, 11) is 4.27. The Hall–Kier alpha value is -2.56. The maximum Gasteiger partial charge on any atom is 0.337 e. The number of ether oxygens (including phenoxy) is 3. The smallest absolute Gasteiger partial charge is 0.337 e. The number of esters is 1. The maximum absolute atomic E-state index is 14.4. The van der Waals surface area contributed by atoms with E-state index in [-0.39, 0.29) is 5.75 Å². The van der Waals surface area contributed by atoms with E-state index in [0.717, 1.165) is 5.56 Å². The van der Waals surface area contributed by atoms with Crippen molar-refractivity contribution < 1.29 is 23.4 Å². The Labute approximate surface area is 134 Å². The largest absolute Gasteiger partial charge is 0.496 e. The summed E-state index contributed by atoms with van der Waals surface area (Å²) >= 11 is 0. The van der Waals surface area contributed by atoms with Crippen molar-refractivity contribution >= 4 is 5.97 Å². The topological polar surface area (TPSA) is 44.8 Å². The van der Waals surface area contributed by atoms with Crippen LogP contribution in [0.4, 0.5) is 4.39 Å². The summed E-state index contributed by atoms with van der Waals surface area (Å²) in [5, 5.41) is 0. The highest BCUT2D eigenvalue weighted by Gasteiger charge is 2.15. The Morgan fingerprint density at radius 3 is 2.35 bits per heavy atom. The fourth-order valence-corrected chi connectivity index (χ4v) is 2.40. The third-order valence-corrected chi connectivity index (χ3v) is 3.62. The zero-order valence-corrected chi connectivity index (χ0v) is 13.4. The van der Waals surface area contributed by atoms with Crippen LogP contribution in [0.25, 0.3) is 0 Å². The molecule has 0 aliphatic rings. The molecule has 0 spiro atoms. The van der Waals surface area contributed by atoms with E-state index in [1.54, 1.807) is 24.3 Å².